The molecule has 0 amide bonds. The molecule has 1 aliphatic carbocycles. The van der Waals surface area contributed by atoms with Crippen molar-refractivity contribution in [3.63, 3.8) is 0 Å². The number of hydrogen-bond acceptors (Lipinski definition) is 12. The van der Waals surface area contributed by atoms with Gasteiger partial charge in [-0.2, -0.15) is 0 Å². The Labute approximate surface area is 285 Å². The summed E-state index contributed by atoms with van der Waals surface area (Å²) in [6, 6.07) is 0. The maximum Gasteiger partial charge on any atom is 4.00 e. The van der Waals surface area contributed by atoms with E-state index in [-0.39, 0.29) is 26.2 Å². The Kier molecular flexibility index (Phi) is 34.5. The van der Waals surface area contributed by atoms with Crippen LogP contribution in [-0.4, -0.2) is 39.6 Å². The predicted octanol–water partition coefficient (Wildman–Crippen LogP) is 8.46. The first kappa shape index (κ1) is 48.5. The fourth-order valence-corrected chi connectivity index (χ4v) is 8.38. The zero-order chi connectivity index (χ0) is 29.9. The first-order valence-electron chi connectivity index (χ1n) is 11.9. The third-order valence-electron chi connectivity index (χ3n) is 4.54. The Balaban J connectivity index is -0.000000201. The largest absolute Gasteiger partial charge is 4.00 e. The molecule has 38 heavy (non-hydrogen) atoms. The van der Waals surface area contributed by atoms with E-state index >= 15 is 0 Å². The van der Waals surface area contributed by atoms with Crippen LogP contribution in [0.4, 0.5) is 0 Å². The van der Waals surface area contributed by atoms with Gasteiger partial charge in [0, 0.05) is 39.6 Å². The van der Waals surface area contributed by atoms with Crippen LogP contribution in [-0.2, 0) is 126 Å². The molecule has 0 aromatic heterocycles. The zero-order valence-electron chi connectivity index (χ0n) is 24.5. The molecule has 1 saturated carbocycles. The Morgan fingerprint density at radius 2 is 0.526 bits per heavy atom. The van der Waals surface area contributed by atoms with E-state index in [1.165, 1.54) is 29.6 Å². The van der Waals surface area contributed by atoms with E-state index in [2.05, 4.69) is 34.6 Å². The second-order valence-electron chi connectivity index (χ2n) is 6.97. The Morgan fingerprint density at radius 1 is 0.421 bits per heavy atom. The van der Waals surface area contributed by atoms with Gasteiger partial charge in [0.15, 0.2) is 0 Å². The first-order chi connectivity index (χ1) is 16.9. The zero-order valence-corrected chi connectivity index (χ0v) is 34.5. The van der Waals surface area contributed by atoms with Gasteiger partial charge in [0.2, 0.25) is 0 Å². The molecular formula is C22H45O6P3S6Zr+. The summed E-state index contributed by atoms with van der Waals surface area (Å²) < 4.78 is 29.9. The van der Waals surface area contributed by atoms with Gasteiger partial charge in [0.05, 0.1) is 17.1 Å². The Morgan fingerprint density at radius 3 is 0.605 bits per heavy atom. The average Bonchev–Trinajstić information content (AvgIpc) is 2.92. The van der Waals surface area contributed by atoms with Crippen LogP contribution in [0.5, 0.6) is 0 Å². The van der Waals surface area contributed by atoms with Crippen LogP contribution in [0.25, 0.3) is 0 Å². The summed E-state index contributed by atoms with van der Waals surface area (Å²) in [4.78, 5) is 0. The van der Waals surface area contributed by atoms with Crippen LogP contribution in [0.3, 0.4) is 0 Å². The van der Waals surface area contributed by atoms with Crippen molar-refractivity contribution < 1.29 is 53.3 Å². The minimum absolute atomic E-state index is 0. The van der Waals surface area contributed by atoms with E-state index in [1.54, 1.807) is 0 Å². The van der Waals surface area contributed by atoms with Crippen molar-refractivity contribution in [3.8, 4) is 0 Å². The molecule has 0 bridgehead atoms. The molecule has 0 saturated heterocycles. The van der Waals surface area contributed by atoms with Gasteiger partial charge in [-0.3, -0.25) is 0 Å². The molecule has 0 atom stereocenters. The van der Waals surface area contributed by atoms with Crippen molar-refractivity contribution in [2.24, 2.45) is 0 Å². The molecule has 0 spiro atoms. The van der Waals surface area contributed by atoms with E-state index in [9.17, 15) is 0 Å². The van der Waals surface area contributed by atoms with Crippen LogP contribution in [0, 0.1) is 29.6 Å². The summed E-state index contributed by atoms with van der Waals surface area (Å²) in [5.74, 6) is 7.34. The summed E-state index contributed by atoms with van der Waals surface area (Å²) in [5.41, 5.74) is -6.83. The number of hydrogen-bond donors (Lipinski definition) is 0. The van der Waals surface area contributed by atoms with E-state index in [4.69, 9.17) is 99.3 Å². The van der Waals surface area contributed by atoms with E-state index in [1.807, 2.05) is 41.5 Å². The van der Waals surface area contributed by atoms with Crippen LogP contribution in [0.15, 0.2) is 0 Å². The molecule has 0 aromatic carbocycles. The van der Waals surface area contributed by atoms with Gasteiger partial charge < -0.3 is 63.9 Å². The summed E-state index contributed by atoms with van der Waals surface area (Å²) in [6.07, 6.45) is 0. The fraction of sp³-hybridized carbons (Fsp3) is 0.773. The van der Waals surface area contributed by atoms with Crippen LogP contribution < -0.4 is 0 Å². The molecule has 0 aliphatic heterocycles. The van der Waals surface area contributed by atoms with Crippen molar-refractivity contribution in [3.05, 3.63) is 29.6 Å². The predicted molar refractivity (Wildman–Crippen MR) is 179 cm³/mol. The standard InChI is InChI=1S/C10H15.3C4H11O2PS2.Zr/c1-6-7(2)9(4)10(5)8(6)3;3*1-3-5-7(8,9)6-4-2;/h1-5H3;3*3-4H2,1-2H3,(H,8,9);/q;;;;+4/p-3. The third kappa shape index (κ3) is 26.1. The Bertz CT molecular complexity index is 571. The SMILES string of the molecule is CCOP(=S)([S-])OCC.CCOP(=S)([S-])OCC.CCOP(=S)([S-])OCC.C[C]1[C](C)[C](C)[C](C)[C]1C.[Zr+4]. The van der Waals surface area contributed by atoms with Gasteiger partial charge in [0.25, 0.3) is 0 Å². The monoisotopic (exact) mass is 780 g/mol. The second-order valence-corrected chi connectivity index (χ2v) is 21.9. The molecule has 1 fully saturated rings. The second kappa shape index (κ2) is 27.0. The molecule has 0 heterocycles. The third-order valence-corrected chi connectivity index (χ3v) is 11.8. The van der Waals surface area contributed by atoms with Crippen LogP contribution in [0.1, 0.15) is 76.2 Å². The molecule has 0 unspecified atom stereocenters. The quantitative estimate of drug-likeness (QED) is 0.141. The molecule has 5 radical (unpaired) electrons. The first-order valence-corrected chi connectivity index (χ1v) is 22.9. The average molecular weight is 782 g/mol. The topological polar surface area (TPSA) is 55.4 Å². The van der Waals surface area contributed by atoms with Gasteiger partial charge >= 0.3 is 26.2 Å². The molecule has 1 aliphatic rings. The van der Waals surface area contributed by atoms with Crippen molar-refractivity contribution in [1.29, 1.82) is 0 Å². The summed E-state index contributed by atoms with van der Waals surface area (Å²) in [7, 11) is 0. The Hall–Kier alpha value is 3.64. The summed E-state index contributed by atoms with van der Waals surface area (Å²) in [5, 5.41) is 0. The van der Waals surface area contributed by atoms with Gasteiger partial charge in [-0.15, -0.1) is 0 Å². The van der Waals surface area contributed by atoms with Crippen LogP contribution >= 0.6 is 17.1 Å². The minimum atomic E-state index is -2.28. The van der Waals surface area contributed by atoms with E-state index in [0.29, 0.717) is 39.6 Å². The molecule has 0 aromatic rings. The van der Waals surface area contributed by atoms with Crippen LogP contribution in [0.2, 0.25) is 0 Å². The molecule has 0 N–H and O–H groups in total. The smallest absolute Gasteiger partial charge is 0.691 e. The van der Waals surface area contributed by atoms with Crippen molar-refractivity contribution in [2.45, 2.75) is 76.2 Å². The van der Waals surface area contributed by atoms with Gasteiger partial charge in [-0.05, 0) is 71.1 Å². The normalized spacial score (nSPS) is 15.9. The van der Waals surface area contributed by atoms with E-state index < -0.39 is 17.1 Å². The minimum Gasteiger partial charge on any atom is -0.691 e. The fourth-order valence-electron chi connectivity index (χ4n) is 2.47. The maximum absolute atomic E-state index is 4.99. The molecule has 6 nitrogen and oxygen atoms in total. The summed E-state index contributed by atoms with van der Waals surface area (Å²) >= 11 is 28.9. The van der Waals surface area contributed by atoms with E-state index in [0.717, 1.165) is 0 Å². The molecule has 16 heteroatoms. The maximum atomic E-state index is 4.99. The van der Waals surface area contributed by atoms with Gasteiger partial charge in [-0.25, -0.2) is 0 Å². The summed E-state index contributed by atoms with van der Waals surface area (Å²) in [6.45, 7) is 25.4. The van der Waals surface area contributed by atoms with Gasteiger partial charge in [0.1, 0.15) is 0 Å². The van der Waals surface area contributed by atoms with Crippen molar-refractivity contribution >= 4 is 89.2 Å². The molecular weight excluding hydrogens is 737 g/mol. The van der Waals surface area contributed by atoms with Gasteiger partial charge in [-0.1, -0.05) is 70.0 Å². The number of rotatable bonds is 12. The molecule has 223 valence electrons. The molecule has 1 rings (SSSR count). The van der Waals surface area contributed by atoms with Crippen molar-refractivity contribution in [2.75, 3.05) is 39.6 Å². The van der Waals surface area contributed by atoms with Crippen molar-refractivity contribution in [1.82, 2.24) is 0 Å².